The van der Waals surface area contributed by atoms with E-state index in [4.69, 9.17) is 14.5 Å². The molecule has 0 spiro atoms. The van der Waals surface area contributed by atoms with Crippen molar-refractivity contribution < 1.29 is 42.7 Å². The van der Waals surface area contributed by atoms with E-state index in [1.54, 1.807) is 18.3 Å². The SMILES string of the molecule is C=C(CNC(=O)CC(NC(C)=O)C(=O)OC)c1cc(Oc2ccc(OP(=O)(O)O)cc2)ccc1NCCCCc1ccccn1. The summed E-state index contributed by atoms with van der Waals surface area (Å²) in [6, 6.07) is 15.8. The van der Waals surface area contributed by atoms with Crippen molar-refractivity contribution >= 4 is 36.9 Å². The number of phosphoric ester groups is 1. The molecule has 1 heterocycles. The highest BCUT2D eigenvalue weighted by Gasteiger charge is 2.23. The van der Waals surface area contributed by atoms with Gasteiger partial charge in [0.2, 0.25) is 11.8 Å². The number of ether oxygens (including phenoxy) is 2. The van der Waals surface area contributed by atoms with Gasteiger partial charge in [-0.25, -0.2) is 9.36 Å². The normalized spacial score (nSPS) is 11.6. The van der Waals surface area contributed by atoms with Gasteiger partial charge in [0, 0.05) is 43.2 Å². The van der Waals surface area contributed by atoms with E-state index >= 15 is 0 Å². The molecule has 2 amide bonds. The molecule has 0 saturated heterocycles. The number of benzene rings is 2. The lowest BCUT2D eigenvalue weighted by Gasteiger charge is -2.18. The molecule has 3 aromatic rings. The number of amides is 2. The molecule has 0 radical (unpaired) electrons. The third-order valence-corrected chi connectivity index (χ3v) is 6.76. The highest BCUT2D eigenvalue weighted by atomic mass is 31.2. The molecule has 0 aliphatic rings. The van der Waals surface area contributed by atoms with Crippen LogP contribution in [0.4, 0.5) is 5.69 Å². The molecule has 3 rings (SSSR count). The van der Waals surface area contributed by atoms with Crippen LogP contribution in [-0.2, 0) is 30.1 Å². The lowest BCUT2D eigenvalue weighted by atomic mass is 10.0. The molecule has 0 saturated carbocycles. The van der Waals surface area contributed by atoms with Gasteiger partial charge in [-0.2, -0.15) is 0 Å². The second-order valence-electron chi connectivity index (χ2n) is 9.93. The Labute approximate surface area is 261 Å². The van der Waals surface area contributed by atoms with Crippen LogP contribution in [-0.4, -0.2) is 58.8 Å². The van der Waals surface area contributed by atoms with Crippen LogP contribution in [0.5, 0.6) is 17.2 Å². The van der Waals surface area contributed by atoms with Crippen molar-refractivity contribution in [2.75, 3.05) is 25.5 Å². The summed E-state index contributed by atoms with van der Waals surface area (Å²) in [5.74, 6) is -0.886. The van der Waals surface area contributed by atoms with Crippen molar-refractivity contribution in [2.45, 2.75) is 38.6 Å². The zero-order chi connectivity index (χ0) is 32.8. The molecule has 1 atom stereocenters. The Bertz CT molecular complexity index is 1510. The third kappa shape index (κ3) is 12.4. The molecular formula is C31H37N4O9P. The summed E-state index contributed by atoms with van der Waals surface area (Å²) in [5.41, 5.74) is 3.00. The first kappa shape index (κ1) is 34.8. The van der Waals surface area contributed by atoms with Crippen LogP contribution in [0.15, 0.2) is 73.4 Å². The fraction of sp³-hybridized carbons (Fsp3) is 0.290. The molecule has 1 aromatic heterocycles. The Morgan fingerprint density at radius 2 is 1.71 bits per heavy atom. The number of aryl methyl sites for hydroxylation is 1. The number of anilines is 1. The van der Waals surface area contributed by atoms with Crippen LogP contribution >= 0.6 is 7.82 Å². The summed E-state index contributed by atoms with van der Waals surface area (Å²) in [5, 5.41) is 8.55. The lowest BCUT2D eigenvalue weighted by Crippen LogP contribution is -2.44. The molecule has 45 heavy (non-hydrogen) atoms. The molecule has 14 heteroatoms. The number of methoxy groups -OCH3 is 1. The average molecular weight is 641 g/mol. The molecule has 1 unspecified atom stereocenters. The standard InChI is InChI=1S/C31H37N4O9P/c1-21(20-34-30(37)19-29(31(38)42-3)35-22(2)36)27-18-26(43-24-10-12-25(13-11-24)44-45(39,40)41)14-15-28(27)33-17-7-5-9-23-8-4-6-16-32-23/h4,6,8,10-16,18,29,33H,1,5,7,9,17,19-20H2,2-3H3,(H,34,37)(H,35,36)(H2,39,40,41). The Morgan fingerprint density at radius 1 is 1.00 bits per heavy atom. The van der Waals surface area contributed by atoms with Crippen molar-refractivity contribution in [3.8, 4) is 17.2 Å². The molecule has 5 N–H and O–H groups in total. The van der Waals surface area contributed by atoms with Crippen molar-refractivity contribution in [3.63, 3.8) is 0 Å². The Morgan fingerprint density at radius 3 is 2.36 bits per heavy atom. The van der Waals surface area contributed by atoms with Crippen molar-refractivity contribution in [1.29, 1.82) is 0 Å². The maximum absolute atomic E-state index is 12.6. The molecule has 0 fully saturated rings. The van der Waals surface area contributed by atoms with Crippen molar-refractivity contribution in [1.82, 2.24) is 15.6 Å². The Balaban J connectivity index is 1.70. The molecule has 13 nitrogen and oxygen atoms in total. The van der Waals surface area contributed by atoms with Gasteiger partial charge in [0.05, 0.1) is 13.5 Å². The third-order valence-electron chi connectivity index (χ3n) is 6.31. The topological polar surface area (TPSA) is 185 Å². The highest BCUT2D eigenvalue weighted by molar-refractivity contribution is 7.46. The number of pyridine rings is 1. The smallest absolute Gasteiger partial charge is 0.467 e. The lowest BCUT2D eigenvalue weighted by molar-refractivity contribution is -0.146. The number of hydrogen-bond donors (Lipinski definition) is 5. The van der Waals surface area contributed by atoms with E-state index < -0.39 is 31.6 Å². The summed E-state index contributed by atoms with van der Waals surface area (Å²) in [6.45, 7) is 6.09. The maximum atomic E-state index is 12.6. The minimum atomic E-state index is -4.69. The van der Waals surface area contributed by atoms with Crippen LogP contribution in [0.1, 0.15) is 37.4 Å². The zero-order valence-corrected chi connectivity index (χ0v) is 25.9. The number of unbranched alkanes of at least 4 members (excludes halogenated alkanes) is 1. The minimum absolute atomic E-state index is 0.0176. The number of carbonyl (C=O) groups is 3. The van der Waals surface area contributed by atoms with Crippen LogP contribution in [0.2, 0.25) is 0 Å². The fourth-order valence-corrected chi connectivity index (χ4v) is 4.61. The number of rotatable bonds is 17. The van der Waals surface area contributed by atoms with E-state index in [1.807, 2.05) is 24.3 Å². The van der Waals surface area contributed by atoms with E-state index in [0.717, 1.165) is 30.6 Å². The van der Waals surface area contributed by atoms with Gasteiger partial charge in [0.25, 0.3) is 0 Å². The first-order valence-corrected chi connectivity index (χ1v) is 15.6. The predicted molar refractivity (Wildman–Crippen MR) is 168 cm³/mol. The van der Waals surface area contributed by atoms with Crippen LogP contribution in [0.3, 0.4) is 0 Å². The van der Waals surface area contributed by atoms with Crippen LogP contribution < -0.4 is 25.2 Å². The second-order valence-corrected chi connectivity index (χ2v) is 11.1. The summed E-state index contributed by atoms with van der Waals surface area (Å²) >= 11 is 0. The summed E-state index contributed by atoms with van der Waals surface area (Å²) < 4.78 is 26.3. The van der Waals surface area contributed by atoms with Gasteiger partial charge >= 0.3 is 13.8 Å². The Kier molecular flexibility index (Phi) is 13.1. The first-order chi connectivity index (χ1) is 21.4. The van der Waals surface area contributed by atoms with Crippen LogP contribution in [0, 0.1) is 0 Å². The molecule has 0 aliphatic carbocycles. The number of nitrogens with one attached hydrogen (secondary N) is 3. The van der Waals surface area contributed by atoms with Gasteiger partial charge in [-0.1, -0.05) is 12.6 Å². The second kappa shape index (κ2) is 17.0. The zero-order valence-electron chi connectivity index (χ0n) is 25.0. The molecule has 2 aromatic carbocycles. The number of hydrogen-bond acceptors (Lipinski definition) is 9. The van der Waals surface area contributed by atoms with Gasteiger partial charge in [-0.3, -0.25) is 24.4 Å². The highest BCUT2D eigenvalue weighted by Crippen LogP contribution is 2.38. The largest absolute Gasteiger partial charge is 0.524 e. The average Bonchev–Trinajstić information content (AvgIpc) is 3.00. The first-order valence-electron chi connectivity index (χ1n) is 14.0. The van der Waals surface area contributed by atoms with Gasteiger partial charge in [-0.05, 0) is 79.4 Å². The quantitative estimate of drug-likeness (QED) is 0.0817. The van der Waals surface area contributed by atoms with Gasteiger partial charge in [0.15, 0.2) is 0 Å². The molecule has 0 bridgehead atoms. The predicted octanol–water partition coefficient (Wildman–Crippen LogP) is 3.98. The monoisotopic (exact) mass is 640 g/mol. The molecular weight excluding hydrogens is 603 g/mol. The number of phosphoric acid groups is 1. The number of aromatic nitrogens is 1. The number of nitrogens with zero attached hydrogens (tertiary/aromatic N) is 1. The van der Waals surface area contributed by atoms with E-state index in [9.17, 15) is 18.9 Å². The van der Waals surface area contributed by atoms with Gasteiger partial charge in [0.1, 0.15) is 23.3 Å². The van der Waals surface area contributed by atoms with E-state index in [0.29, 0.717) is 29.2 Å². The molecule has 240 valence electrons. The van der Waals surface area contributed by atoms with Crippen molar-refractivity contribution in [3.05, 3.63) is 84.7 Å². The summed E-state index contributed by atoms with van der Waals surface area (Å²) in [7, 11) is -3.52. The van der Waals surface area contributed by atoms with E-state index in [-0.39, 0.29) is 18.7 Å². The van der Waals surface area contributed by atoms with Crippen molar-refractivity contribution in [2.24, 2.45) is 0 Å². The van der Waals surface area contributed by atoms with E-state index in [1.165, 1.54) is 38.3 Å². The van der Waals surface area contributed by atoms with Crippen LogP contribution in [0.25, 0.3) is 5.57 Å². The molecule has 0 aliphatic heterocycles. The fourth-order valence-electron chi connectivity index (χ4n) is 4.21. The minimum Gasteiger partial charge on any atom is -0.467 e. The number of esters is 1. The summed E-state index contributed by atoms with van der Waals surface area (Å²) in [4.78, 5) is 58.4. The van der Waals surface area contributed by atoms with E-state index in [2.05, 4.69) is 36.8 Å². The number of carbonyl (C=O) groups excluding carboxylic acids is 3. The maximum Gasteiger partial charge on any atom is 0.524 e. The van der Waals surface area contributed by atoms with Gasteiger partial charge < -0.3 is 29.9 Å². The van der Waals surface area contributed by atoms with Gasteiger partial charge in [-0.15, -0.1) is 0 Å². The Hall–Kier alpha value is -4.71. The summed E-state index contributed by atoms with van der Waals surface area (Å²) in [6.07, 6.45) is 4.11.